The van der Waals surface area contributed by atoms with Crippen LogP contribution in [0.2, 0.25) is 0 Å². The van der Waals surface area contributed by atoms with E-state index in [0.717, 1.165) is 0 Å². The van der Waals surface area contributed by atoms with Gasteiger partial charge in [-0.1, -0.05) is 0 Å². The van der Waals surface area contributed by atoms with Crippen LogP contribution in [0.3, 0.4) is 0 Å². The first-order valence-electron chi connectivity index (χ1n) is 5.20. The maximum atomic E-state index is 11.1. The lowest BCUT2D eigenvalue weighted by Gasteiger charge is -2.24. The fourth-order valence-corrected chi connectivity index (χ4v) is 0.905. The van der Waals surface area contributed by atoms with Gasteiger partial charge in [0, 0.05) is 7.11 Å². The van der Waals surface area contributed by atoms with Gasteiger partial charge in [0.2, 0.25) is 5.91 Å². The predicted molar refractivity (Wildman–Crippen MR) is 60.2 cm³/mol. The van der Waals surface area contributed by atoms with Gasteiger partial charge in [0.15, 0.2) is 0 Å². The normalized spacial score (nSPS) is 14.7. The second-order valence-corrected chi connectivity index (χ2v) is 3.60. The Hall–Kier alpha value is -0.690. The van der Waals surface area contributed by atoms with E-state index in [-0.39, 0.29) is 6.61 Å². The number of ether oxygens (including phenoxy) is 3. The second-order valence-electron chi connectivity index (χ2n) is 3.60. The van der Waals surface area contributed by atoms with E-state index in [1.807, 2.05) is 0 Å². The minimum Gasteiger partial charge on any atom is -0.382 e. The van der Waals surface area contributed by atoms with Crippen LogP contribution in [0, 0.1) is 0 Å². The van der Waals surface area contributed by atoms with Crippen molar-refractivity contribution >= 4 is 5.91 Å². The Morgan fingerprint density at radius 3 is 2.31 bits per heavy atom. The maximum absolute atomic E-state index is 11.1. The van der Waals surface area contributed by atoms with E-state index in [0.29, 0.717) is 26.4 Å². The van der Waals surface area contributed by atoms with Gasteiger partial charge >= 0.3 is 0 Å². The zero-order valence-corrected chi connectivity index (χ0v) is 10.2. The van der Waals surface area contributed by atoms with Crippen molar-refractivity contribution in [3.63, 3.8) is 0 Å². The molecule has 0 rings (SSSR count). The highest BCUT2D eigenvalue weighted by atomic mass is 16.5. The molecule has 0 aromatic rings. The van der Waals surface area contributed by atoms with Crippen molar-refractivity contribution in [2.45, 2.75) is 12.5 Å². The van der Waals surface area contributed by atoms with E-state index < -0.39 is 11.4 Å². The molecule has 1 atom stereocenters. The van der Waals surface area contributed by atoms with Crippen molar-refractivity contribution in [2.75, 3.05) is 47.2 Å². The number of likely N-dealkylation sites (N-methyl/N-ethyl adjacent to an activating group) is 1. The highest BCUT2D eigenvalue weighted by molar-refractivity contribution is 5.84. The van der Waals surface area contributed by atoms with Crippen molar-refractivity contribution in [3.05, 3.63) is 0 Å². The Kier molecular flexibility index (Phi) is 8.10. The summed E-state index contributed by atoms with van der Waals surface area (Å²) in [5, 5.41) is 2.83. The fraction of sp³-hybridized carbons (Fsp3) is 0.900. The zero-order valence-electron chi connectivity index (χ0n) is 10.2. The largest absolute Gasteiger partial charge is 0.382 e. The first-order valence-corrected chi connectivity index (χ1v) is 5.20. The molecule has 0 heterocycles. The molecule has 0 fully saturated rings. The van der Waals surface area contributed by atoms with Crippen LogP contribution in [0.1, 0.15) is 6.92 Å². The Labute approximate surface area is 96.4 Å². The van der Waals surface area contributed by atoms with Crippen molar-refractivity contribution in [1.82, 2.24) is 5.32 Å². The molecule has 3 N–H and O–H groups in total. The molecule has 16 heavy (non-hydrogen) atoms. The van der Waals surface area contributed by atoms with E-state index in [1.165, 1.54) is 0 Å². The Morgan fingerprint density at radius 2 is 1.81 bits per heavy atom. The van der Waals surface area contributed by atoms with E-state index >= 15 is 0 Å². The number of primary amides is 1. The van der Waals surface area contributed by atoms with Gasteiger partial charge in [0.1, 0.15) is 5.54 Å². The van der Waals surface area contributed by atoms with E-state index in [9.17, 15) is 4.79 Å². The number of nitrogens with two attached hydrogens (primary N) is 1. The lowest BCUT2D eigenvalue weighted by Crippen LogP contribution is -2.55. The highest BCUT2D eigenvalue weighted by Gasteiger charge is 2.28. The summed E-state index contributed by atoms with van der Waals surface area (Å²) >= 11 is 0. The summed E-state index contributed by atoms with van der Waals surface area (Å²) < 4.78 is 15.3. The molecule has 0 aliphatic rings. The topological polar surface area (TPSA) is 82.8 Å². The third-order valence-electron chi connectivity index (χ3n) is 2.29. The third-order valence-corrected chi connectivity index (χ3v) is 2.29. The first-order chi connectivity index (χ1) is 7.56. The molecule has 0 bridgehead atoms. The minimum absolute atomic E-state index is 0.229. The fourth-order valence-electron chi connectivity index (χ4n) is 0.905. The number of nitrogens with one attached hydrogen (secondary N) is 1. The van der Waals surface area contributed by atoms with Crippen LogP contribution >= 0.6 is 0 Å². The van der Waals surface area contributed by atoms with Crippen LogP contribution in [0.15, 0.2) is 0 Å². The maximum Gasteiger partial charge on any atom is 0.239 e. The highest BCUT2D eigenvalue weighted by Crippen LogP contribution is 2.02. The lowest BCUT2D eigenvalue weighted by atomic mass is 10.0. The molecule has 0 aliphatic carbocycles. The predicted octanol–water partition coefficient (Wildman–Crippen LogP) is -0.871. The Bertz CT molecular complexity index is 201. The summed E-state index contributed by atoms with van der Waals surface area (Å²) in [6.45, 7) is 3.93. The summed E-state index contributed by atoms with van der Waals surface area (Å²) in [6, 6.07) is 0. The summed E-state index contributed by atoms with van der Waals surface area (Å²) in [5.41, 5.74) is 4.41. The Balaban J connectivity index is 3.53. The number of amides is 1. The molecule has 0 saturated carbocycles. The van der Waals surface area contributed by atoms with E-state index in [4.69, 9.17) is 19.9 Å². The van der Waals surface area contributed by atoms with Gasteiger partial charge in [-0.05, 0) is 14.0 Å². The van der Waals surface area contributed by atoms with E-state index in [1.54, 1.807) is 21.1 Å². The van der Waals surface area contributed by atoms with Crippen LogP contribution < -0.4 is 11.1 Å². The molecule has 0 spiro atoms. The molecule has 0 aliphatic heterocycles. The number of hydrogen-bond donors (Lipinski definition) is 2. The smallest absolute Gasteiger partial charge is 0.239 e. The average molecular weight is 234 g/mol. The van der Waals surface area contributed by atoms with Crippen LogP contribution in [0.5, 0.6) is 0 Å². The summed E-state index contributed by atoms with van der Waals surface area (Å²) in [5.74, 6) is -0.435. The summed E-state index contributed by atoms with van der Waals surface area (Å²) in [6.07, 6.45) is 0. The van der Waals surface area contributed by atoms with Gasteiger partial charge in [-0.2, -0.15) is 0 Å². The third kappa shape index (κ3) is 6.02. The van der Waals surface area contributed by atoms with Crippen molar-refractivity contribution in [1.29, 1.82) is 0 Å². The average Bonchev–Trinajstić information content (AvgIpc) is 2.27. The molecule has 0 aromatic carbocycles. The van der Waals surface area contributed by atoms with Crippen molar-refractivity contribution in [2.24, 2.45) is 5.73 Å². The SMILES string of the molecule is CNC(C)(COCCOCCOC)C(N)=O. The van der Waals surface area contributed by atoms with E-state index in [2.05, 4.69) is 5.32 Å². The molecule has 96 valence electrons. The number of rotatable bonds is 10. The van der Waals surface area contributed by atoms with Crippen LogP contribution in [-0.4, -0.2) is 58.6 Å². The molecule has 1 unspecified atom stereocenters. The number of carbonyl (C=O) groups is 1. The quantitative estimate of drug-likeness (QED) is 0.480. The number of carbonyl (C=O) groups excluding carboxylic acids is 1. The standard InChI is InChI=1S/C10H22N2O4/c1-10(12-2,9(11)13)8-16-7-6-15-5-4-14-3/h12H,4-8H2,1-3H3,(H2,11,13). The summed E-state index contributed by atoms with van der Waals surface area (Å²) in [7, 11) is 3.29. The van der Waals surface area contributed by atoms with Crippen LogP contribution in [0.25, 0.3) is 0 Å². The van der Waals surface area contributed by atoms with Crippen LogP contribution in [0.4, 0.5) is 0 Å². The second kappa shape index (κ2) is 8.46. The summed E-state index contributed by atoms with van der Waals surface area (Å²) in [4.78, 5) is 11.1. The van der Waals surface area contributed by atoms with Gasteiger partial charge < -0.3 is 25.3 Å². The zero-order chi connectivity index (χ0) is 12.4. The minimum atomic E-state index is -0.827. The first kappa shape index (κ1) is 15.3. The van der Waals surface area contributed by atoms with Gasteiger partial charge in [-0.3, -0.25) is 4.79 Å². The molecule has 0 saturated heterocycles. The van der Waals surface area contributed by atoms with Gasteiger partial charge in [0.25, 0.3) is 0 Å². The lowest BCUT2D eigenvalue weighted by molar-refractivity contribution is -0.126. The van der Waals surface area contributed by atoms with Gasteiger partial charge in [-0.25, -0.2) is 0 Å². The Morgan fingerprint density at radius 1 is 1.25 bits per heavy atom. The number of hydrogen-bond acceptors (Lipinski definition) is 5. The van der Waals surface area contributed by atoms with Crippen molar-refractivity contribution in [3.8, 4) is 0 Å². The number of methoxy groups -OCH3 is 1. The van der Waals surface area contributed by atoms with Crippen molar-refractivity contribution < 1.29 is 19.0 Å². The molecule has 0 radical (unpaired) electrons. The molecule has 6 heteroatoms. The molecule has 6 nitrogen and oxygen atoms in total. The molecule has 1 amide bonds. The van der Waals surface area contributed by atoms with Gasteiger partial charge in [0.05, 0.1) is 33.0 Å². The van der Waals surface area contributed by atoms with Gasteiger partial charge in [-0.15, -0.1) is 0 Å². The molecular weight excluding hydrogens is 212 g/mol. The molecule has 0 aromatic heterocycles. The van der Waals surface area contributed by atoms with Crippen LogP contribution in [-0.2, 0) is 19.0 Å². The molecular formula is C10H22N2O4. The monoisotopic (exact) mass is 234 g/mol.